The van der Waals surface area contributed by atoms with Gasteiger partial charge in [0, 0.05) is 10.9 Å². The van der Waals surface area contributed by atoms with Crippen LogP contribution >= 0.6 is 11.6 Å². The Morgan fingerprint density at radius 3 is 2.53 bits per heavy atom. The van der Waals surface area contributed by atoms with Crippen molar-refractivity contribution in [3.05, 3.63) is 59.2 Å². The van der Waals surface area contributed by atoms with Gasteiger partial charge in [-0.3, -0.25) is 14.5 Å². The maximum Gasteiger partial charge on any atom is 0.409 e. The molecule has 1 unspecified atom stereocenters. The van der Waals surface area contributed by atoms with Gasteiger partial charge in [-0.1, -0.05) is 41.9 Å². The summed E-state index contributed by atoms with van der Waals surface area (Å²) in [6, 6.07) is 9.94. The van der Waals surface area contributed by atoms with E-state index in [9.17, 15) is 27.6 Å². The fraction of sp³-hybridized carbons (Fsp3) is 0.190. The molecule has 0 saturated carbocycles. The molecule has 166 valence electrons. The van der Waals surface area contributed by atoms with E-state index < -0.39 is 43.0 Å². The summed E-state index contributed by atoms with van der Waals surface area (Å²) in [6.45, 7) is -0.986. The van der Waals surface area contributed by atoms with Crippen LogP contribution in [0.3, 0.4) is 0 Å². The Balaban J connectivity index is 1.60. The summed E-state index contributed by atoms with van der Waals surface area (Å²) in [6.07, 6.45) is -5.89. The lowest BCUT2D eigenvalue weighted by Crippen LogP contribution is -2.51. The minimum absolute atomic E-state index is 0.0441. The standard InChI is InChI=1S/C21H15ClF3N3O4/c22-18-11-5-1-2-6-12(11)27-19(18)20(31)32-10-17(30)28-14-8-4-3-7-13(14)26-16(29)9-15(28)21(23,24)25/h1-8,15,27H,9-10H2,(H,26,29). The predicted molar refractivity (Wildman–Crippen MR) is 111 cm³/mol. The molecular weight excluding hydrogens is 451 g/mol. The van der Waals surface area contributed by atoms with Crippen LogP contribution in [0.1, 0.15) is 16.9 Å². The van der Waals surface area contributed by atoms with Gasteiger partial charge >= 0.3 is 12.1 Å². The van der Waals surface area contributed by atoms with Crippen molar-refractivity contribution < 1.29 is 32.3 Å². The van der Waals surface area contributed by atoms with Crippen LogP contribution in [-0.4, -0.2) is 41.6 Å². The van der Waals surface area contributed by atoms with Gasteiger partial charge < -0.3 is 15.0 Å². The number of carbonyl (C=O) groups excluding carboxylic acids is 3. The molecule has 2 aromatic carbocycles. The second-order valence-corrected chi connectivity index (χ2v) is 7.40. The van der Waals surface area contributed by atoms with E-state index in [0.717, 1.165) is 0 Å². The molecule has 0 bridgehead atoms. The number of H-pyrrole nitrogens is 1. The highest BCUT2D eigenvalue weighted by Crippen LogP contribution is 2.37. The van der Waals surface area contributed by atoms with Crippen molar-refractivity contribution in [2.45, 2.75) is 18.6 Å². The molecule has 0 saturated heterocycles. The minimum atomic E-state index is -4.89. The van der Waals surface area contributed by atoms with E-state index in [4.69, 9.17) is 16.3 Å². The number of alkyl halides is 3. The van der Waals surface area contributed by atoms with Gasteiger partial charge in [-0.05, 0) is 18.2 Å². The molecule has 0 aliphatic carbocycles. The van der Waals surface area contributed by atoms with Gasteiger partial charge in [0.15, 0.2) is 6.61 Å². The summed E-state index contributed by atoms with van der Waals surface area (Å²) >= 11 is 6.18. The summed E-state index contributed by atoms with van der Waals surface area (Å²) < 4.78 is 46.2. The number of para-hydroxylation sites is 3. The quantitative estimate of drug-likeness (QED) is 0.565. The van der Waals surface area contributed by atoms with Crippen molar-refractivity contribution in [1.29, 1.82) is 0 Å². The number of aromatic nitrogens is 1. The van der Waals surface area contributed by atoms with Gasteiger partial charge in [-0.15, -0.1) is 0 Å². The van der Waals surface area contributed by atoms with Crippen LogP contribution in [0.2, 0.25) is 5.02 Å². The number of fused-ring (bicyclic) bond motifs is 2. The van der Waals surface area contributed by atoms with Crippen molar-refractivity contribution in [2.75, 3.05) is 16.8 Å². The van der Waals surface area contributed by atoms with Crippen molar-refractivity contribution in [1.82, 2.24) is 4.98 Å². The molecule has 1 aliphatic heterocycles. The van der Waals surface area contributed by atoms with Gasteiger partial charge in [0.1, 0.15) is 11.7 Å². The van der Waals surface area contributed by atoms with Crippen molar-refractivity contribution in [2.24, 2.45) is 0 Å². The second kappa shape index (κ2) is 8.19. The Bertz CT molecular complexity index is 1220. The number of nitrogens with one attached hydrogen (secondary N) is 2. The Morgan fingerprint density at radius 1 is 1.12 bits per heavy atom. The van der Waals surface area contributed by atoms with Gasteiger partial charge in [-0.2, -0.15) is 13.2 Å². The van der Waals surface area contributed by atoms with Crippen LogP contribution in [0.15, 0.2) is 48.5 Å². The number of carbonyl (C=O) groups is 3. The number of ether oxygens (including phenoxy) is 1. The van der Waals surface area contributed by atoms with E-state index in [1.54, 1.807) is 24.3 Å². The van der Waals surface area contributed by atoms with Crippen LogP contribution in [0, 0.1) is 0 Å². The third kappa shape index (κ3) is 4.01. The van der Waals surface area contributed by atoms with E-state index in [-0.39, 0.29) is 22.1 Å². The monoisotopic (exact) mass is 465 g/mol. The number of halogens is 4. The molecular formula is C21H15ClF3N3O4. The molecule has 4 rings (SSSR count). The number of anilines is 2. The third-order valence-corrected chi connectivity index (χ3v) is 5.34. The molecule has 1 atom stereocenters. The summed E-state index contributed by atoms with van der Waals surface area (Å²) in [4.78, 5) is 40.5. The molecule has 0 fully saturated rings. The van der Waals surface area contributed by atoms with E-state index >= 15 is 0 Å². The summed E-state index contributed by atoms with van der Waals surface area (Å²) in [7, 11) is 0. The number of nitrogens with zero attached hydrogens (tertiary/aromatic N) is 1. The number of aromatic amines is 1. The molecule has 2 amide bonds. The SMILES string of the molecule is O=C1CC(C(F)(F)F)N(C(=O)COC(=O)c2[nH]c3ccccc3c2Cl)c2ccccc2N1. The molecule has 7 nitrogen and oxygen atoms in total. The van der Waals surface area contributed by atoms with Crippen molar-refractivity contribution in [3.8, 4) is 0 Å². The number of esters is 1. The first-order chi connectivity index (χ1) is 15.2. The number of rotatable bonds is 3. The number of amides is 2. The van der Waals surface area contributed by atoms with Gasteiger partial charge in [0.05, 0.1) is 22.8 Å². The first-order valence-electron chi connectivity index (χ1n) is 9.38. The van der Waals surface area contributed by atoms with Crippen LogP contribution in [-0.2, 0) is 14.3 Å². The van der Waals surface area contributed by atoms with Gasteiger partial charge in [-0.25, -0.2) is 4.79 Å². The van der Waals surface area contributed by atoms with Crippen LogP contribution in [0.25, 0.3) is 10.9 Å². The van der Waals surface area contributed by atoms with Crippen molar-refractivity contribution >= 4 is 51.7 Å². The van der Waals surface area contributed by atoms with Gasteiger partial charge in [0.25, 0.3) is 5.91 Å². The third-order valence-electron chi connectivity index (χ3n) is 4.95. The summed E-state index contributed by atoms with van der Waals surface area (Å²) in [5.74, 6) is -3.03. The predicted octanol–water partition coefficient (Wildman–Crippen LogP) is 4.28. The van der Waals surface area contributed by atoms with Crippen molar-refractivity contribution in [3.63, 3.8) is 0 Å². The normalized spacial score (nSPS) is 16.3. The van der Waals surface area contributed by atoms with Crippen LogP contribution < -0.4 is 10.2 Å². The lowest BCUT2D eigenvalue weighted by atomic mass is 10.1. The highest BCUT2D eigenvalue weighted by Gasteiger charge is 2.49. The van der Waals surface area contributed by atoms with E-state index in [0.29, 0.717) is 15.8 Å². The van der Waals surface area contributed by atoms with E-state index in [1.165, 1.54) is 24.3 Å². The molecule has 2 N–H and O–H groups in total. The molecule has 32 heavy (non-hydrogen) atoms. The maximum atomic E-state index is 13.7. The highest BCUT2D eigenvalue weighted by molar-refractivity contribution is 6.38. The average molecular weight is 466 g/mol. The lowest BCUT2D eigenvalue weighted by molar-refractivity contribution is -0.158. The molecule has 1 aliphatic rings. The Kier molecular flexibility index (Phi) is 5.55. The molecule has 1 aromatic heterocycles. The molecule has 11 heteroatoms. The summed E-state index contributed by atoms with van der Waals surface area (Å²) in [5, 5.41) is 2.98. The highest BCUT2D eigenvalue weighted by atomic mass is 35.5. The molecule has 2 heterocycles. The number of hydrogen-bond acceptors (Lipinski definition) is 4. The smallest absolute Gasteiger partial charge is 0.409 e. The van der Waals surface area contributed by atoms with E-state index in [2.05, 4.69) is 10.3 Å². The first-order valence-corrected chi connectivity index (χ1v) is 9.75. The van der Waals surface area contributed by atoms with Gasteiger partial charge in [0.2, 0.25) is 5.91 Å². The largest absolute Gasteiger partial charge is 0.451 e. The average Bonchev–Trinajstić information content (AvgIpc) is 2.99. The zero-order valence-electron chi connectivity index (χ0n) is 16.2. The zero-order chi connectivity index (χ0) is 23.0. The Morgan fingerprint density at radius 2 is 1.81 bits per heavy atom. The minimum Gasteiger partial charge on any atom is -0.451 e. The first kappa shape index (κ1) is 21.7. The van der Waals surface area contributed by atoms with Crippen LogP contribution in [0.5, 0.6) is 0 Å². The van der Waals surface area contributed by atoms with E-state index in [1.807, 2.05) is 0 Å². The molecule has 3 aromatic rings. The summed E-state index contributed by atoms with van der Waals surface area (Å²) in [5.41, 5.74) is 0.327. The Labute approximate surface area is 184 Å². The fourth-order valence-electron chi connectivity index (χ4n) is 3.51. The topological polar surface area (TPSA) is 91.5 Å². The fourth-order valence-corrected chi connectivity index (χ4v) is 3.80. The maximum absolute atomic E-state index is 13.7. The zero-order valence-corrected chi connectivity index (χ0v) is 17.0. The number of hydrogen-bond donors (Lipinski definition) is 2. The molecule has 0 radical (unpaired) electrons. The second-order valence-electron chi connectivity index (χ2n) is 7.03. The Hall–Kier alpha value is -3.53. The number of benzene rings is 2. The van der Waals surface area contributed by atoms with Crippen LogP contribution in [0.4, 0.5) is 24.5 Å². The molecule has 0 spiro atoms. The lowest BCUT2D eigenvalue weighted by Gasteiger charge is -2.31.